The van der Waals surface area contributed by atoms with Gasteiger partial charge in [-0.25, -0.2) is 4.79 Å². The first kappa shape index (κ1) is 22.8. The van der Waals surface area contributed by atoms with Gasteiger partial charge in [0.1, 0.15) is 24.5 Å². The molecule has 1 heterocycles. The fourth-order valence-electron chi connectivity index (χ4n) is 3.96. The predicted molar refractivity (Wildman–Crippen MR) is 113 cm³/mol. The van der Waals surface area contributed by atoms with E-state index in [9.17, 15) is 28.2 Å². The van der Waals surface area contributed by atoms with Gasteiger partial charge in [0, 0.05) is 18.7 Å². The fraction of sp³-hybridized carbons (Fsp3) is 0.250. The van der Waals surface area contributed by atoms with Gasteiger partial charge in [-0.1, -0.05) is 48.5 Å². The molecule has 2 aromatic carbocycles. The number of amides is 1. The molecule has 1 amide bonds. The molecule has 0 radical (unpaired) electrons. The molecule has 4 rings (SSSR count). The Bertz CT molecular complexity index is 1110. The molecule has 0 saturated heterocycles. The molecule has 0 saturated carbocycles. The highest BCUT2D eigenvalue weighted by atomic mass is 19.4. The molecule has 3 N–H and O–H groups in total. The quantitative estimate of drug-likeness (QED) is 0.519. The van der Waals surface area contributed by atoms with Gasteiger partial charge in [-0.3, -0.25) is 4.98 Å². The van der Waals surface area contributed by atoms with Gasteiger partial charge in [-0.15, -0.1) is 0 Å². The molecular formula is C24H21F3N2O4. The molecule has 2 atom stereocenters. The van der Waals surface area contributed by atoms with E-state index in [1.54, 1.807) is 0 Å². The van der Waals surface area contributed by atoms with Crippen LogP contribution in [0.3, 0.4) is 0 Å². The zero-order chi connectivity index (χ0) is 23.6. The smallest absolute Gasteiger partial charge is 0.433 e. The molecule has 0 bridgehead atoms. The number of alkyl halides is 3. The number of carbonyl (C=O) groups is 1. The van der Waals surface area contributed by atoms with Crippen LogP contribution in [0.15, 0.2) is 66.9 Å². The van der Waals surface area contributed by atoms with Crippen LogP contribution in [-0.4, -0.2) is 40.5 Å². The number of ether oxygens (including phenoxy) is 1. The lowest BCUT2D eigenvalue weighted by Gasteiger charge is -2.20. The van der Waals surface area contributed by atoms with Crippen molar-refractivity contribution in [2.45, 2.75) is 24.3 Å². The van der Waals surface area contributed by atoms with E-state index in [4.69, 9.17) is 4.74 Å². The number of aromatic nitrogens is 1. The molecular weight excluding hydrogens is 437 g/mol. The highest BCUT2D eigenvalue weighted by Gasteiger charge is 2.33. The fourth-order valence-corrected chi connectivity index (χ4v) is 3.96. The van der Waals surface area contributed by atoms with E-state index in [0.717, 1.165) is 34.5 Å². The minimum Gasteiger partial charge on any atom is -0.449 e. The second-order valence-corrected chi connectivity index (χ2v) is 7.69. The van der Waals surface area contributed by atoms with Crippen molar-refractivity contribution in [1.82, 2.24) is 10.3 Å². The standard InChI is InChI=1S/C24H21F3N2O4/c25-24(26,27)21-11-14(9-10-28-21)22(31)20(30)12-29-23(32)33-13-19-17-7-3-1-5-15(17)16-6-2-4-8-18(16)19/h1-11,19-20,22,30-31H,12-13H2,(H,29,32). The van der Waals surface area contributed by atoms with Gasteiger partial charge in [0.25, 0.3) is 0 Å². The first-order valence-corrected chi connectivity index (χ1v) is 10.2. The number of pyridine rings is 1. The molecule has 0 aliphatic heterocycles. The van der Waals surface area contributed by atoms with Crippen LogP contribution < -0.4 is 5.32 Å². The maximum atomic E-state index is 12.8. The number of hydrogen-bond donors (Lipinski definition) is 3. The average Bonchev–Trinajstić information content (AvgIpc) is 3.14. The molecule has 172 valence electrons. The zero-order valence-electron chi connectivity index (χ0n) is 17.3. The van der Waals surface area contributed by atoms with Crippen molar-refractivity contribution < 1.29 is 32.9 Å². The first-order chi connectivity index (χ1) is 15.8. The molecule has 3 aromatic rings. The largest absolute Gasteiger partial charge is 0.449 e. The van der Waals surface area contributed by atoms with Crippen LogP contribution in [0.1, 0.15) is 34.4 Å². The Hall–Kier alpha value is -3.43. The van der Waals surface area contributed by atoms with Gasteiger partial charge in [0.05, 0.1) is 0 Å². The molecule has 1 aliphatic rings. The van der Waals surface area contributed by atoms with Gasteiger partial charge in [0.2, 0.25) is 0 Å². The Morgan fingerprint density at radius 3 is 2.24 bits per heavy atom. The Kier molecular flexibility index (Phi) is 6.35. The summed E-state index contributed by atoms with van der Waals surface area (Å²) in [6.45, 7) is -0.348. The first-order valence-electron chi connectivity index (χ1n) is 10.2. The number of aliphatic hydroxyl groups is 2. The molecule has 6 nitrogen and oxygen atoms in total. The van der Waals surface area contributed by atoms with Crippen LogP contribution >= 0.6 is 0 Å². The summed E-state index contributed by atoms with van der Waals surface area (Å²) in [7, 11) is 0. The topological polar surface area (TPSA) is 91.7 Å². The second kappa shape index (κ2) is 9.21. The molecule has 2 unspecified atom stereocenters. The second-order valence-electron chi connectivity index (χ2n) is 7.69. The van der Waals surface area contributed by atoms with Crippen LogP contribution in [0, 0.1) is 0 Å². The minimum absolute atomic E-state index is 0.0673. The number of alkyl carbamates (subject to hydrolysis) is 1. The summed E-state index contributed by atoms with van der Waals surface area (Å²) in [5, 5.41) is 22.6. The van der Waals surface area contributed by atoms with Crippen molar-refractivity contribution in [3.63, 3.8) is 0 Å². The van der Waals surface area contributed by atoms with E-state index in [-0.39, 0.29) is 18.1 Å². The van der Waals surface area contributed by atoms with E-state index in [1.165, 1.54) is 0 Å². The number of rotatable bonds is 6. The van der Waals surface area contributed by atoms with Crippen LogP contribution in [0.25, 0.3) is 11.1 Å². The van der Waals surface area contributed by atoms with Crippen LogP contribution in [0.4, 0.5) is 18.0 Å². The Labute approximate surface area is 187 Å². The third kappa shape index (κ3) is 4.84. The van der Waals surface area contributed by atoms with Gasteiger partial charge in [-0.05, 0) is 39.9 Å². The van der Waals surface area contributed by atoms with Crippen LogP contribution in [-0.2, 0) is 10.9 Å². The molecule has 1 aliphatic carbocycles. The number of fused-ring (bicyclic) bond motifs is 3. The zero-order valence-corrected chi connectivity index (χ0v) is 17.3. The summed E-state index contributed by atoms with van der Waals surface area (Å²) in [4.78, 5) is 15.4. The molecule has 1 aromatic heterocycles. The van der Waals surface area contributed by atoms with Gasteiger partial charge < -0.3 is 20.3 Å². The lowest BCUT2D eigenvalue weighted by atomic mass is 9.98. The summed E-state index contributed by atoms with van der Waals surface area (Å²) < 4.78 is 43.8. The van der Waals surface area contributed by atoms with E-state index < -0.39 is 36.7 Å². The van der Waals surface area contributed by atoms with Crippen LogP contribution in [0.2, 0.25) is 0 Å². The molecule has 0 spiro atoms. The number of hydrogen-bond acceptors (Lipinski definition) is 5. The molecule has 9 heteroatoms. The molecule has 33 heavy (non-hydrogen) atoms. The maximum Gasteiger partial charge on any atom is 0.433 e. The molecule has 0 fully saturated rings. The van der Waals surface area contributed by atoms with Gasteiger partial charge >= 0.3 is 12.3 Å². The Balaban J connectivity index is 1.34. The predicted octanol–water partition coefficient (Wildman–Crippen LogP) is 4.03. The third-order valence-corrected chi connectivity index (χ3v) is 5.58. The number of aliphatic hydroxyl groups excluding tert-OH is 2. The number of benzene rings is 2. The van der Waals surface area contributed by atoms with Gasteiger partial charge in [0.15, 0.2) is 0 Å². The normalized spacial score (nSPS) is 14.8. The van der Waals surface area contributed by atoms with Crippen molar-refractivity contribution in [2.75, 3.05) is 13.2 Å². The van der Waals surface area contributed by atoms with Crippen LogP contribution in [0.5, 0.6) is 0 Å². The van der Waals surface area contributed by atoms with Crippen molar-refractivity contribution >= 4 is 6.09 Å². The van der Waals surface area contributed by atoms with E-state index in [1.807, 2.05) is 48.5 Å². The van der Waals surface area contributed by atoms with Crippen molar-refractivity contribution in [2.24, 2.45) is 0 Å². The summed E-state index contributed by atoms with van der Waals surface area (Å²) in [5.74, 6) is -0.142. The number of nitrogens with zero attached hydrogens (tertiary/aromatic N) is 1. The summed E-state index contributed by atoms with van der Waals surface area (Å²) in [6, 6.07) is 17.5. The SMILES string of the molecule is O=C(NCC(O)C(O)c1ccnc(C(F)(F)F)c1)OCC1c2ccccc2-c2ccccc21. The van der Waals surface area contributed by atoms with Crippen molar-refractivity contribution in [3.05, 3.63) is 89.2 Å². The highest BCUT2D eigenvalue weighted by molar-refractivity contribution is 5.79. The van der Waals surface area contributed by atoms with E-state index in [0.29, 0.717) is 6.07 Å². The number of halogens is 3. The number of nitrogens with one attached hydrogen (secondary N) is 1. The maximum absolute atomic E-state index is 12.8. The van der Waals surface area contributed by atoms with E-state index >= 15 is 0 Å². The third-order valence-electron chi connectivity index (χ3n) is 5.58. The summed E-state index contributed by atoms with van der Waals surface area (Å²) in [6.07, 6.45) is -7.79. The lowest BCUT2D eigenvalue weighted by Crippen LogP contribution is -2.36. The van der Waals surface area contributed by atoms with Crippen molar-refractivity contribution in [3.8, 4) is 11.1 Å². The Morgan fingerprint density at radius 2 is 1.64 bits per heavy atom. The average molecular weight is 458 g/mol. The van der Waals surface area contributed by atoms with Crippen molar-refractivity contribution in [1.29, 1.82) is 0 Å². The summed E-state index contributed by atoms with van der Waals surface area (Å²) >= 11 is 0. The minimum atomic E-state index is -4.68. The van der Waals surface area contributed by atoms with Gasteiger partial charge in [-0.2, -0.15) is 13.2 Å². The van der Waals surface area contributed by atoms with E-state index in [2.05, 4.69) is 10.3 Å². The Morgan fingerprint density at radius 1 is 1.03 bits per heavy atom. The highest BCUT2D eigenvalue weighted by Crippen LogP contribution is 2.44. The monoisotopic (exact) mass is 458 g/mol. The lowest BCUT2D eigenvalue weighted by molar-refractivity contribution is -0.141. The summed E-state index contributed by atoms with van der Waals surface area (Å²) in [5.41, 5.74) is 2.89. The number of carbonyl (C=O) groups excluding carboxylic acids is 1.